The lowest BCUT2D eigenvalue weighted by Gasteiger charge is -2.41. The van der Waals surface area contributed by atoms with E-state index >= 15 is 0 Å². The van der Waals surface area contributed by atoms with Gasteiger partial charge in [-0.2, -0.15) is 13.2 Å². The molecule has 3 rings (SSSR count). The van der Waals surface area contributed by atoms with Crippen LogP contribution in [-0.2, 0) is 16.4 Å². The largest absolute Gasteiger partial charge is 0.416 e. The summed E-state index contributed by atoms with van der Waals surface area (Å²) in [6.07, 6.45) is -2.66. The quantitative estimate of drug-likeness (QED) is 0.607. The maximum Gasteiger partial charge on any atom is 0.416 e. The third-order valence-electron chi connectivity index (χ3n) is 6.49. The van der Waals surface area contributed by atoms with E-state index in [4.69, 9.17) is 17.3 Å². The Balaban J connectivity index is 1.60. The van der Waals surface area contributed by atoms with Gasteiger partial charge in [0, 0.05) is 30.6 Å². The zero-order chi connectivity index (χ0) is 22.8. The molecule has 0 saturated carbocycles. The number of nitrogens with two attached hydrogens (primary N) is 1. The number of piperidine rings is 1. The maximum absolute atomic E-state index is 13.1. The third kappa shape index (κ3) is 5.60. The summed E-state index contributed by atoms with van der Waals surface area (Å²) in [6, 6.07) is 12.3. The predicted octanol–water partition coefficient (Wildman–Crippen LogP) is 5.97. The van der Waals surface area contributed by atoms with Crippen LogP contribution in [0.2, 0.25) is 5.02 Å². The number of amides is 1. The minimum atomic E-state index is -4.36. The van der Waals surface area contributed by atoms with Crippen molar-refractivity contribution in [2.45, 2.75) is 50.7 Å². The maximum atomic E-state index is 13.1. The summed E-state index contributed by atoms with van der Waals surface area (Å²) in [5, 5.41) is 0.618. The highest BCUT2D eigenvalue weighted by atomic mass is 35.5. The highest BCUT2D eigenvalue weighted by molar-refractivity contribution is 6.30. The minimum Gasteiger partial charge on any atom is -0.343 e. The number of carbonyl (C=O) groups is 1. The SMILES string of the molecule is CC(C)(c1cccc(C(F)(F)F)c1)C1CCN(C(=O)CC(N)c2ccc(Cl)cc2)CC1. The fraction of sp³-hybridized carbons (Fsp3) is 0.458. The van der Waals surface area contributed by atoms with Crippen LogP contribution in [-0.4, -0.2) is 23.9 Å². The molecular formula is C24H28ClF3N2O. The molecular weight excluding hydrogens is 425 g/mol. The number of hydrogen-bond acceptors (Lipinski definition) is 2. The first kappa shape index (κ1) is 23.6. The van der Waals surface area contributed by atoms with Gasteiger partial charge in [-0.1, -0.05) is 55.8 Å². The van der Waals surface area contributed by atoms with Crippen molar-refractivity contribution < 1.29 is 18.0 Å². The molecule has 1 saturated heterocycles. The topological polar surface area (TPSA) is 46.3 Å². The number of nitrogens with zero attached hydrogens (tertiary/aromatic N) is 1. The molecule has 0 bridgehead atoms. The Morgan fingerprint density at radius 3 is 2.26 bits per heavy atom. The second-order valence-corrected chi connectivity index (χ2v) is 9.25. The number of halogens is 4. The van der Waals surface area contributed by atoms with E-state index < -0.39 is 23.2 Å². The van der Waals surface area contributed by atoms with Crippen LogP contribution in [0.15, 0.2) is 48.5 Å². The molecule has 0 aliphatic carbocycles. The lowest BCUT2D eigenvalue weighted by Crippen LogP contribution is -2.44. The van der Waals surface area contributed by atoms with Crippen LogP contribution in [0.3, 0.4) is 0 Å². The van der Waals surface area contributed by atoms with Crippen molar-refractivity contribution in [2.75, 3.05) is 13.1 Å². The van der Waals surface area contributed by atoms with Gasteiger partial charge in [0.25, 0.3) is 0 Å². The Kier molecular flexibility index (Phi) is 7.01. The zero-order valence-electron chi connectivity index (χ0n) is 17.8. The van der Waals surface area contributed by atoms with Crippen molar-refractivity contribution in [1.29, 1.82) is 0 Å². The second kappa shape index (κ2) is 9.21. The third-order valence-corrected chi connectivity index (χ3v) is 6.75. The average molecular weight is 453 g/mol. The van der Waals surface area contributed by atoms with Crippen LogP contribution < -0.4 is 5.73 Å². The first-order valence-corrected chi connectivity index (χ1v) is 10.8. The van der Waals surface area contributed by atoms with Gasteiger partial charge in [-0.05, 0) is 53.5 Å². The summed E-state index contributed by atoms with van der Waals surface area (Å²) in [5.41, 5.74) is 6.69. The van der Waals surface area contributed by atoms with Gasteiger partial charge < -0.3 is 10.6 Å². The van der Waals surface area contributed by atoms with Crippen molar-refractivity contribution in [3.05, 3.63) is 70.2 Å². The molecule has 168 valence electrons. The zero-order valence-corrected chi connectivity index (χ0v) is 18.5. The van der Waals surface area contributed by atoms with Crippen LogP contribution in [0, 0.1) is 5.92 Å². The standard InChI is InChI=1S/C24H28ClF3N2O/c1-23(2,18-4-3-5-19(14-18)24(26,27)28)17-10-12-30(13-11-17)22(31)15-21(29)16-6-8-20(25)9-7-16/h3-9,14,17,21H,10-13,15,29H2,1-2H3. The molecule has 0 aromatic heterocycles. The molecule has 3 nitrogen and oxygen atoms in total. The summed E-state index contributed by atoms with van der Waals surface area (Å²) in [7, 11) is 0. The van der Waals surface area contributed by atoms with Gasteiger partial charge in [0.2, 0.25) is 5.91 Å². The first-order chi connectivity index (χ1) is 14.5. The average Bonchev–Trinajstić information content (AvgIpc) is 2.73. The molecule has 2 N–H and O–H groups in total. The molecule has 1 heterocycles. The second-order valence-electron chi connectivity index (χ2n) is 8.82. The van der Waals surface area contributed by atoms with Crippen LogP contribution in [0.25, 0.3) is 0 Å². The van der Waals surface area contributed by atoms with E-state index in [2.05, 4.69) is 0 Å². The van der Waals surface area contributed by atoms with E-state index in [0.29, 0.717) is 23.7 Å². The molecule has 2 aromatic rings. The number of alkyl halides is 3. The van der Waals surface area contributed by atoms with Gasteiger partial charge >= 0.3 is 6.18 Å². The fourth-order valence-corrected chi connectivity index (χ4v) is 4.45. The fourth-order valence-electron chi connectivity index (χ4n) is 4.33. The molecule has 1 unspecified atom stereocenters. The van der Waals surface area contributed by atoms with E-state index in [-0.39, 0.29) is 18.2 Å². The van der Waals surface area contributed by atoms with Crippen molar-refractivity contribution in [1.82, 2.24) is 4.90 Å². The van der Waals surface area contributed by atoms with Crippen molar-refractivity contribution in [2.24, 2.45) is 11.7 Å². The molecule has 0 radical (unpaired) electrons. The minimum absolute atomic E-state index is 0.00206. The summed E-state index contributed by atoms with van der Waals surface area (Å²) in [5.74, 6) is 0.183. The van der Waals surface area contributed by atoms with E-state index in [1.165, 1.54) is 12.1 Å². The van der Waals surface area contributed by atoms with Crippen molar-refractivity contribution in [3.63, 3.8) is 0 Å². The molecule has 1 aliphatic heterocycles. The van der Waals surface area contributed by atoms with Gasteiger partial charge in [-0.3, -0.25) is 4.79 Å². The van der Waals surface area contributed by atoms with Crippen LogP contribution in [0.4, 0.5) is 13.2 Å². The lowest BCUT2D eigenvalue weighted by molar-refractivity contribution is -0.138. The summed E-state index contributed by atoms with van der Waals surface area (Å²) < 4.78 is 39.4. The van der Waals surface area contributed by atoms with Gasteiger partial charge in [-0.25, -0.2) is 0 Å². The summed E-state index contributed by atoms with van der Waals surface area (Å²) in [4.78, 5) is 14.5. The van der Waals surface area contributed by atoms with Gasteiger partial charge in [0.15, 0.2) is 0 Å². The van der Waals surface area contributed by atoms with Crippen LogP contribution in [0.5, 0.6) is 0 Å². The first-order valence-electron chi connectivity index (χ1n) is 10.4. The Bertz CT molecular complexity index is 904. The van der Waals surface area contributed by atoms with Crippen molar-refractivity contribution >= 4 is 17.5 Å². The lowest BCUT2D eigenvalue weighted by atomic mass is 9.69. The normalized spacial score (nSPS) is 16.9. The smallest absolute Gasteiger partial charge is 0.343 e. The van der Waals surface area contributed by atoms with Crippen LogP contribution in [0.1, 0.15) is 55.8 Å². The number of benzene rings is 2. The van der Waals surface area contributed by atoms with E-state index in [0.717, 1.165) is 24.5 Å². The predicted molar refractivity (Wildman–Crippen MR) is 117 cm³/mol. The molecule has 1 atom stereocenters. The molecule has 1 fully saturated rings. The molecule has 0 spiro atoms. The number of carbonyl (C=O) groups excluding carboxylic acids is 1. The monoisotopic (exact) mass is 452 g/mol. The van der Waals surface area contributed by atoms with E-state index in [9.17, 15) is 18.0 Å². The van der Waals surface area contributed by atoms with Crippen molar-refractivity contribution in [3.8, 4) is 0 Å². The summed E-state index contributed by atoms with van der Waals surface area (Å²) >= 11 is 5.90. The van der Waals surface area contributed by atoms with Gasteiger partial charge in [0.05, 0.1) is 5.56 Å². The van der Waals surface area contributed by atoms with E-state index in [1.54, 1.807) is 18.2 Å². The highest BCUT2D eigenvalue weighted by Gasteiger charge is 2.37. The molecule has 2 aromatic carbocycles. The van der Waals surface area contributed by atoms with Gasteiger partial charge in [0.1, 0.15) is 0 Å². The summed E-state index contributed by atoms with van der Waals surface area (Å²) in [6.45, 7) is 5.14. The number of rotatable bonds is 5. The van der Waals surface area contributed by atoms with Gasteiger partial charge in [-0.15, -0.1) is 0 Å². The molecule has 1 aliphatic rings. The molecule has 7 heteroatoms. The Labute approximate surface area is 186 Å². The van der Waals surface area contributed by atoms with Crippen LogP contribution >= 0.6 is 11.6 Å². The molecule has 1 amide bonds. The number of hydrogen-bond donors (Lipinski definition) is 1. The Morgan fingerprint density at radius 1 is 1.10 bits per heavy atom. The Morgan fingerprint density at radius 2 is 1.68 bits per heavy atom. The number of likely N-dealkylation sites (tertiary alicyclic amines) is 1. The molecule has 31 heavy (non-hydrogen) atoms. The Hall–Kier alpha value is -2.05. The van der Waals surface area contributed by atoms with E-state index in [1.807, 2.05) is 30.9 Å². The highest BCUT2D eigenvalue weighted by Crippen LogP contribution is 2.40.